The number of rotatable bonds is 3. The first kappa shape index (κ1) is 17.2. The molecule has 0 saturated carbocycles. The van der Waals surface area contributed by atoms with E-state index in [-0.39, 0.29) is 11.8 Å². The van der Waals surface area contributed by atoms with E-state index in [1.165, 1.54) is 12.5 Å². The van der Waals surface area contributed by atoms with E-state index in [1.807, 2.05) is 44.2 Å². The Bertz CT molecular complexity index is 597. The molecule has 0 spiro atoms. The minimum atomic E-state index is -0.986. The van der Waals surface area contributed by atoms with Gasteiger partial charge in [-0.05, 0) is 32.4 Å². The zero-order valence-corrected chi connectivity index (χ0v) is 14.0. The molecule has 5 heteroatoms. The normalized spacial score (nSPS) is 17.1. The fraction of sp³-hybridized carbons (Fsp3) is 0.444. The average molecular weight is 316 g/mol. The first-order valence-corrected chi connectivity index (χ1v) is 7.89. The smallest absolute Gasteiger partial charge is 0.251 e. The van der Waals surface area contributed by atoms with Crippen LogP contribution in [0.4, 0.5) is 0 Å². The largest absolute Gasteiger partial charge is 0.384 e. The van der Waals surface area contributed by atoms with Crippen LogP contribution in [0.5, 0.6) is 0 Å². The predicted molar refractivity (Wildman–Crippen MR) is 89.7 cm³/mol. The lowest BCUT2D eigenvalue weighted by atomic mass is 10.1. The van der Waals surface area contributed by atoms with E-state index in [0.29, 0.717) is 31.8 Å². The molecule has 1 aromatic rings. The molecule has 23 heavy (non-hydrogen) atoms. The van der Waals surface area contributed by atoms with Crippen molar-refractivity contribution in [2.75, 3.05) is 26.2 Å². The molecule has 2 rings (SSSR count). The summed E-state index contributed by atoms with van der Waals surface area (Å²) < 4.78 is 0. The number of carbonyl (C=O) groups excluding carboxylic acids is 2. The molecule has 2 amide bonds. The van der Waals surface area contributed by atoms with Crippen LogP contribution in [-0.4, -0.2) is 59.0 Å². The van der Waals surface area contributed by atoms with Crippen molar-refractivity contribution < 1.29 is 14.7 Å². The van der Waals surface area contributed by atoms with Gasteiger partial charge in [0.15, 0.2) is 0 Å². The molecule has 0 aromatic heterocycles. The van der Waals surface area contributed by atoms with Crippen molar-refractivity contribution in [2.45, 2.75) is 26.9 Å². The van der Waals surface area contributed by atoms with Crippen LogP contribution in [0.3, 0.4) is 0 Å². The zero-order valence-electron chi connectivity index (χ0n) is 14.0. The molecule has 0 aliphatic carbocycles. The molecule has 124 valence electrons. The molecule has 0 radical (unpaired) electrons. The number of hydrogen-bond acceptors (Lipinski definition) is 3. The predicted octanol–water partition coefficient (Wildman–Crippen LogP) is 1.45. The van der Waals surface area contributed by atoms with Gasteiger partial charge in [-0.1, -0.05) is 29.8 Å². The van der Waals surface area contributed by atoms with E-state index in [1.54, 1.807) is 9.80 Å². The average Bonchev–Trinajstić information content (AvgIpc) is 2.55. The molecule has 5 nitrogen and oxygen atoms in total. The number of nitrogens with zero attached hydrogens (tertiary/aromatic N) is 2. The molecule has 1 heterocycles. The van der Waals surface area contributed by atoms with Crippen LogP contribution in [0.25, 0.3) is 6.08 Å². The summed E-state index contributed by atoms with van der Waals surface area (Å²) in [6.07, 6.45) is 0.898. The molecule has 1 aromatic carbocycles. The van der Waals surface area contributed by atoms with Gasteiger partial charge in [-0.2, -0.15) is 0 Å². The van der Waals surface area contributed by atoms with Crippen molar-refractivity contribution in [3.63, 3.8) is 0 Å². The van der Waals surface area contributed by atoms with Crippen LogP contribution in [0, 0.1) is 6.92 Å². The van der Waals surface area contributed by atoms with Gasteiger partial charge in [0.05, 0.1) is 0 Å². The molecule has 1 saturated heterocycles. The van der Waals surface area contributed by atoms with Crippen molar-refractivity contribution >= 4 is 17.9 Å². The summed E-state index contributed by atoms with van der Waals surface area (Å²) in [6, 6.07) is 8.02. The maximum absolute atomic E-state index is 12.5. The number of aliphatic hydroxyl groups is 1. The highest BCUT2D eigenvalue weighted by Gasteiger charge is 2.26. The zero-order chi connectivity index (χ0) is 17.0. The van der Waals surface area contributed by atoms with Gasteiger partial charge in [-0.25, -0.2) is 0 Å². The molecule has 1 aliphatic heterocycles. The molecule has 1 unspecified atom stereocenters. The van der Waals surface area contributed by atoms with E-state index >= 15 is 0 Å². The minimum absolute atomic E-state index is 0.00489. The summed E-state index contributed by atoms with van der Waals surface area (Å²) in [5.41, 5.74) is 2.87. The first-order chi connectivity index (χ1) is 10.9. The summed E-state index contributed by atoms with van der Waals surface area (Å²) in [6.45, 7) is 7.23. The SMILES string of the molecule is C/C(=C\c1ccc(C)cc1)C(=O)N1CCN(C(=O)C(C)O)CC1. The third-order valence-corrected chi connectivity index (χ3v) is 4.03. The van der Waals surface area contributed by atoms with Crippen LogP contribution < -0.4 is 0 Å². The molecule has 1 atom stereocenters. The number of aliphatic hydroxyl groups excluding tert-OH is 1. The van der Waals surface area contributed by atoms with E-state index < -0.39 is 6.10 Å². The molecule has 0 bridgehead atoms. The van der Waals surface area contributed by atoms with Crippen LogP contribution in [0.15, 0.2) is 29.8 Å². The van der Waals surface area contributed by atoms with E-state index in [9.17, 15) is 14.7 Å². The monoisotopic (exact) mass is 316 g/mol. The van der Waals surface area contributed by atoms with Gasteiger partial charge in [0.25, 0.3) is 5.91 Å². The Morgan fingerprint density at radius 3 is 2.13 bits per heavy atom. The van der Waals surface area contributed by atoms with Crippen LogP contribution >= 0.6 is 0 Å². The van der Waals surface area contributed by atoms with Crippen molar-refractivity contribution in [3.8, 4) is 0 Å². The van der Waals surface area contributed by atoms with Gasteiger partial charge in [0.1, 0.15) is 6.10 Å². The Morgan fingerprint density at radius 1 is 1.09 bits per heavy atom. The van der Waals surface area contributed by atoms with Crippen LogP contribution in [-0.2, 0) is 9.59 Å². The summed E-state index contributed by atoms with van der Waals surface area (Å²) in [4.78, 5) is 27.6. The van der Waals surface area contributed by atoms with Gasteiger partial charge in [0, 0.05) is 31.8 Å². The number of hydrogen-bond donors (Lipinski definition) is 1. The van der Waals surface area contributed by atoms with E-state index in [0.717, 1.165) is 5.56 Å². The number of carbonyl (C=O) groups is 2. The summed E-state index contributed by atoms with van der Waals surface area (Å²) in [5.74, 6) is -0.279. The Morgan fingerprint density at radius 2 is 1.61 bits per heavy atom. The number of benzene rings is 1. The highest BCUT2D eigenvalue weighted by Crippen LogP contribution is 2.12. The third kappa shape index (κ3) is 4.42. The maximum Gasteiger partial charge on any atom is 0.251 e. The quantitative estimate of drug-likeness (QED) is 0.859. The van der Waals surface area contributed by atoms with E-state index in [2.05, 4.69) is 0 Å². The van der Waals surface area contributed by atoms with Gasteiger partial charge < -0.3 is 14.9 Å². The molecule has 1 fully saturated rings. The number of piperazine rings is 1. The van der Waals surface area contributed by atoms with Crippen molar-refractivity contribution in [1.82, 2.24) is 9.80 Å². The maximum atomic E-state index is 12.5. The molecule has 1 aliphatic rings. The Kier molecular flexibility index (Phi) is 5.55. The van der Waals surface area contributed by atoms with Crippen LogP contribution in [0.2, 0.25) is 0 Å². The van der Waals surface area contributed by atoms with Crippen molar-refractivity contribution in [2.24, 2.45) is 0 Å². The Hall–Kier alpha value is -2.14. The summed E-state index contributed by atoms with van der Waals surface area (Å²) in [5, 5.41) is 9.34. The topological polar surface area (TPSA) is 60.9 Å². The lowest BCUT2D eigenvalue weighted by Crippen LogP contribution is -2.52. The molecule has 1 N–H and O–H groups in total. The fourth-order valence-corrected chi connectivity index (χ4v) is 2.62. The second kappa shape index (κ2) is 7.42. The van der Waals surface area contributed by atoms with Gasteiger partial charge >= 0.3 is 0 Å². The second-order valence-electron chi connectivity index (χ2n) is 6.03. The van der Waals surface area contributed by atoms with Crippen molar-refractivity contribution in [1.29, 1.82) is 0 Å². The first-order valence-electron chi connectivity index (χ1n) is 7.89. The highest BCUT2D eigenvalue weighted by atomic mass is 16.3. The fourth-order valence-electron chi connectivity index (χ4n) is 2.62. The Labute approximate surface area is 137 Å². The minimum Gasteiger partial charge on any atom is -0.384 e. The molecular formula is C18H24N2O3. The van der Waals surface area contributed by atoms with Crippen molar-refractivity contribution in [3.05, 3.63) is 41.0 Å². The highest BCUT2D eigenvalue weighted by molar-refractivity contribution is 5.97. The second-order valence-corrected chi connectivity index (χ2v) is 6.03. The Balaban J connectivity index is 1.96. The standard InChI is InChI=1S/C18H24N2O3/c1-13-4-6-16(7-5-13)12-14(2)17(22)19-8-10-20(11-9-19)18(23)15(3)21/h4-7,12,15,21H,8-11H2,1-3H3/b14-12+. The summed E-state index contributed by atoms with van der Waals surface area (Å²) >= 11 is 0. The van der Waals surface area contributed by atoms with Gasteiger partial charge in [0.2, 0.25) is 5.91 Å². The lowest BCUT2D eigenvalue weighted by Gasteiger charge is -2.35. The molecular weight excluding hydrogens is 292 g/mol. The number of amides is 2. The van der Waals surface area contributed by atoms with Crippen LogP contribution in [0.1, 0.15) is 25.0 Å². The lowest BCUT2D eigenvalue weighted by molar-refractivity contribution is -0.143. The summed E-state index contributed by atoms with van der Waals surface area (Å²) in [7, 11) is 0. The van der Waals surface area contributed by atoms with E-state index in [4.69, 9.17) is 0 Å². The third-order valence-electron chi connectivity index (χ3n) is 4.03. The number of aryl methyl sites for hydroxylation is 1. The van der Waals surface area contributed by atoms with Gasteiger partial charge in [-0.15, -0.1) is 0 Å². The van der Waals surface area contributed by atoms with Gasteiger partial charge in [-0.3, -0.25) is 9.59 Å².